The maximum absolute atomic E-state index is 12.8. The van der Waals surface area contributed by atoms with Crippen molar-refractivity contribution in [2.24, 2.45) is 0 Å². The van der Waals surface area contributed by atoms with Crippen LogP contribution in [0, 0.1) is 7.27 Å². The van der Waals surface area contributed by atoms with Gasteiger partial charge < -0.3 is 4.74 Å². The van der Waals surface area contributed by atoms with E-state index in [1.54, 1.807) is 6.07 Å². The number of methoxy groups -OCH3 is 1. The maximum Gasteiger partial charge on any atom is 0.311 e. The van der Waals surface area contributed by atoms with Crippen LogP contribution >= 0.6 is 45.2 Å². The highest BCUT2D eigenvalue weighted by molar-refractivity contribution is 14.1. The van der Waals surface area contributed by atoms with Crippen molar-refractivity contribution < 1.29 is 18.3 Å². The molecule has 88 valence electrons. The lowest BCUT2D eigenvalue weighted by Crippen LogP contribution is -2.11. The standard InChI is InChI=1S/C9H7F2I2NO2/c1-16-7(15)3-5-8(9(10)11)4(12)2-6(13)14-5/h2,9H,3H2,1H3. The molecule has 0 aliphatic heterocycles. The summed E-state index contributed by atoms with van der Waals surface area (Å²) in [6.45, 7) is 0. The number of rotatable bonds is 3. The minimum Gasteiger partial charge on any atom is -0.469 e. The molecule has 1 aromatic heterocycles. The van der Waals surface area contributed by atoms with Gasteiger partial charge in [0.05, 0.1) is 24.8 Å². The van der Waals surface area contributed by atoms with Gasteiger partial charge in [-0.3, -0.25) is 4.79 Å². The normalized spacial score (nSPS) is 10.6. The van der Waals surface area contributed by atoms with Crippen LogP contribution in [0.1, 0.15) is 17.7 Å². The molecule has 0 N–H and O–H groups in total. The predicted octanol–water partition coefficient (Wildman–Crippen LogP) is 2.94. The van der Waals surface area contributed by atoms with Crippen LogP contribution in [0.5, 0.6) is 0 Å². The quantitative estimate of drug-likeness (QED) is 0.402. The van der Waals surface area contributed by atoms with Crippen molar-refractivity contribution in [3.05, 3.63) is 24.6 Å². The number of hydrogen-bond acceptors (Lipinski definition) is 3. The second-order valence-corrected chi connectivity index (χ2v) is 5.11. The Morgan fingerprint density at radius 2 is 2.19 bits per heavy atom. The number of carbonyl (C=O) groups excluding carboxylic acids is 1. The molecule has 0 atom stereocenters. The van der Waals surface area contributed by atoms with Gasteiger partial charge in [-0.2, -0.15) is 0 Å². The number of halogens is 4. The summed E-state index contributed by atoms with van der Waals surface area (Å²) in [6, 6.07) is 1.55. The predicted molar refractivity (Wildman–Crippen MR) is 70.3 cm³/mol. The summed E-state index contributed by atoms with van der Waals surface area (Å²) in [5, 5.41) is 0. The molecule has 7 heteroatoms. The van der Waals surface area contributed by atoms with Gasteiger partial charge in [-0.15, -0.1) is 0 Å². The van der Waals surface area contributed by atoms with E-state index in [4.69, 9.17) is 0 Å². The highest BCUT2D eigenvalue weighted by Gasteiger charge is 2.21. The second-order valence-electron chi connectivity index (χ2n) is 2.84. The molecule has 0 unspecified atom stereocenters. The van der Waals surface area contributed by atoms with Crippen LogP contribution in [0.15, 0.2) is 6.07 Å². The van der Waals surface area contributed by atoms with E-state index in [1.807, 2.05) is 45.2 Å². The SMILES string of the molecule is COC(=O)Cc1nc(I)cc(I)c1C(F)F. The van der Waals surface area contributed by atoms with Gasteiger partial charge >= 0.3 is 5.97 Å². The van der Waals surface area contributed by atoms with Crippen molar-refractivity contribution in [1.82, 2.24) is 4.98 Å². The lowest BCUT2D eigenvalue weighted by molar-refractivity contribution is -0.139. The Morgan fingerprint density at radius 1 is 1.56 bits per heavy atom. The number of pyridine rings is 1. The van der Waals surface area contributed by atoms with Crippen LogP contribution in [0.3, 0.4) is 0 Å². The first kappa shape index (κ1) is 14.0. The molecule has 0 radical (unpaired) electrons. The van der Waals surface area contributed by atoms with Gasteiger partial charge in [0.25, 0.3) is 6.43 Å². The third-order valence-electron chi connectivity index (χ3n) is 1.81. The second kappa shape index (κ2) is 6.03. The van der Waals surface area contributed by atoms with Crippen LogP contribution in [0.25, 0.3) is 0 Å². The van der Waals surface area contributed by atoms with E-state index in [1.165, 1.54) is 7.11 Å². The first-order chi connectivity index (χ1) is 7.45. The molecular formula is C9H7F2I2NO2. The third kappa shape index (κ3) is 3.47. The molecule has 0 spiro atoms. The number of hydrogen-bond donors (Lipinski definition) is 0. The fraction of sp³-hybridized carbons (Fsp3) is 0.333. The molecule has 1 rings (SSSR count). The van der Waals surface area contributed by atoms with E-state index in [0.717, 1.165) is 0 Å². The molecule has 0 aliphatic rings. The number of alkyl halides is 2. The van der Waals surface area contributed by atoms with Gasteiger partial charge in [0, 0.05) is 3.57 Å². The van der Waals surface area contributed by atoms with Crippen LogP contribution in [-0.4, -0.2) is 18.1 Å². The highest BCUT2D eigenvalue weighted by Crippen LogP contribution is 2.28. The van der Waals surface area contributed by atoms with E-state index in [2.05, 4.69) is 9.72 Å². The van der Waals surface area contributed by atoms with Crippen LogP contribution in [0.2, 0.25) is 0 Å². The van der Waals surface area contributed by atoms with E-state index < -0.39 is 12.4 Å². The fourth-order valence-electron chi connectivity index (χ4n) is 1.12. The number of ether oxygens (including phenoxy) is 1. The molecule has 16 heavy (non-hydrogen) atoms. The molecule has 0 aromatic carbocycles. The smallest absolute Gasteiger partial charge is 0.311 e. The van der Waals surface area contributed by atoms with E-state index >= 15 is 0 Å². The Balaban J connectivity index is 3.18. The van der Waals surface area contributed by atoms with Gasteiger partial charge in [-0.25, -0.2) is 13.8 Å². The number of esters is 1. The Kier molecular flexibility index (Phi) is 5.28. The molecular weight excluding hydrogens is 446 g/mol. The van der Waals surface area contributed by atoms with Crippen molar-refractivity contribution in [2.75, 3.05) is 7.11 Å². The summed E-state index contributed by atoms with van der Waals surface area (Å²) < 4.78 is 31.0. The number of carbonyl (C=O) groups is 1. The molecule has 0 fully saturated rings. The Labute approximate surface area is 118 Å². The monoisotopic (exact) mass is 453 g/mol. The van der Waals surface area contributed by atoms with E-state index in [9.17, 15) is 13.6 Å². The molecule has 0 amide bonds. The molecule has 0 saturated heterocycles. The van der Waals surface area contributed by atoms with Gasteiger partial charge in [0.2, 0.25) is 0 Å². The summed E-state index contributed by atoms with van der Waals surface area (Å²) in [6.07, 6.45) is -2.88. The Hall–Kier alpha value is -0.0600. The number of aromatic nitrogens is 1. The van der Waals surface area contributed by atoms with Crippen molar-refractivity contribution >= 4 is 51.2 Å². The Morgan fingerprint density at radius 3 is 2.69 bits per heavy atom. The largest absolute Gasteiger partial charge is 0.469 e. The summed E-state index contributed by atoms with van der Waals surface area (Å²) in [7, 11) is 1.21. The van der Waals surface area contributed by atoms with E-state index in [-0.39, 0.29) is 17.7 Å². The zero-order chi connectivity index (χ0) is 12.3. The summed E-state index contributed by atoms with van der Waals surface area (Å²) in [5.74, 6) is -0.577. The minimum atomic E-state index is -2.64. The van der Waals surface area contributed by atoms with Crippen molar-refractivity contribution in [3.63, 3.8) is 0 Å². The molecule has 0 saturated carbocycles. The van der Waals surface area contributed by atoms with Gasteiger partial charge in [0.1, 0.15) is 3.70 Å². The third-order valence-corrected chi connectivity index (χ3v) is 3.26. The van der Waals surface area contributed by atoms with Gasteiger partial charge in [0.15, 0.2) is 0 Å². The van der Waals surface area contributed by atoms with Gasteiger partial charge in [-0.1, -0.05) is 0 Å². The minimum absolute atomic E-state index is 0.0816. The first-order valence-corrected chi connectivity index (χ1v) is 6.31. The van der Waals surface area contributed by atoms with Crippen molar-refractivity contribution in [1.29, 1.82) is 0 Å². The van der Waals surface area contributed by atoms with E-state index in [0.29, 0.717) is 7.27 Å². The molecule has 1 aromatic rings. The maximum atomic E-state index is 12.8. The zero-order valence-electron chi connectivity index (χ0n) is 8.14. The average Bonchev–Trinajstić information content (AvgIpc) is 2.15. The lowest BCUT2D eigenvalue weighted by atomic mass is 10.1. The lowest BCUT2D eigenvalue weighted by Gasteiger charge is -2.09. The average molecular weight is 453 g/mol. The zero-order valence-corrected chi connectivity index (χ0v) is 12.5. The first-order valence-electron chi connectivity index (χ1n) is 4.15. The highest BCUT2D eigenvalue weighted by atomic mass is 127. The van der Waals surface area contributed by atoms with Crippen molar-refractivity contribution in [2.45, 2.75) is 12.8 Å². The van der Waals surface area contributed by atoms with Crippen LogP contribution < -0.4 is 0 Å². The van der Waals surface area contributed by atoms with Crippen LogP contribution in [-0.2, 0) is 16.0 Å². The Bertz CT molecular complexity index is 413. The molecule has 0 aliphatic carbocycles. The fourth-order valence-corrected chi connectivity index (χ4v) is 3.16. The molecule has 1 heterocycles. The van der Waals surface area contributed by atoms with Crippen molar-refractivity contribution in [3.8, 4) is 0 Å². The summed E-state index contributed by atoms with van der Waals surface area (Å²) >= 11 is 3.73. The molecule has 3 nitrogen and oxygen atoms in total. The van der Waals surface area contributed by atoms with Gasteiger partial charge in [-0.05, 0) is 51.2 Å². The summed E-state index contributed by atoms with van der Waals surface area (Å²) in [5.41, 5.74) is -0.107. The topological polar surface area (TPSA) is 39.2 Å². The molecule has 0 bridgehead atoms. The van der Waals surface area contributed by atoms with Crippen LogP contribution in [0.4, 0.5) is 8.78 Å². The number of nitrogens with zero attached hydrogens (tertiary/aromatic N) is 1. The summed E-state index contributed by atoms with van der Waals surface area (Å²) in [4.78, 5) is 15.0.